The fraction of sp³-hybridized carbons (Fsp3) is 0.500. The molecule has 1 atom stereocenters. The van der Waals surface area contributed by atoms with Gasteiger partial charge in [-0.15, -0.1) is 0 Å². The van der Waals surface area contributed by atoms with Crippen LogP contribution >= 0.6 is 0 Å². The number of hydrogen-bond acceptors (Lipinski definition) is 2. The van der Waals surface area contributed by atoms with Gasteiger partial charge >= 0.3 is 0 Å². The summed E-state index contributed by atoms with van der Waals surface area (Å²) in [5.74, 6) is 0. The quantitative estimate of drug-likeness (QED) is 0.780. The molecule has 1 saturated heterocycles. The van der Waals surface area contributed by atoms with Gasteiger partial charge in [0.1, 0.15) is 0 Å². The van der Waals surface area contributed by atoms with E-state index in [0.717, 1.165) is 12.1 Å². The third-order valence-electron chi connectivity index (χ3n) is 3.39. The van der Waals surface area contributed by atoms with Gasteiger partial charge in [-0.2, -0.15) is 5.26 Å². The van der Waals surface area contributed by atoms with Gasteiger partial charge in [-0.1, -0.05) is 26.0 Å². The maximum Gasteiger partial charge on any atom is 0.0991 e. The molecule has 0 radical (unpaired) electrons. The van der Waals surface area contributed by atoms with Gasteiger partial charge in [0.2, 0.25) is 0 Å². The van der Waals surface area contributed by atoms with E-state index in [1.807, 2.05) is 12.1 Å². The SMILES string of the molecule is CC1(C)CCN[C@H](c2ccc(C#N)cc2)C1. The fourth-order valence-electron chi connectivity index (χ4n) is 2.34. The zero-order valence-electron chi connectivity index (χ0n) is 9.96. The summed E-state index contributed by atoms with van der Waals surface area (Å²) in [5.41, 5.74) is 2.45. The van der Waals surface area contributed by atoms with Crippen molar-refractivity contribution in [3.05, 3.63) is 35.4 Å². The lowest BCUT2D eigenvalue weighted by atomic mass is 9.78. The Labute approximate surface area is 97.3 Å². The third-order valence-corrected chi connectivity index (χ3v) is 3.39. The van der Waals surface area contributed by atoms with Crippen molar-refractivity contribution < 1.29 is 0 Å². The van der Waals surface area contributed by atoms with Crippen LogP contribution in [0.25, 0.3) is 0 Å². The Morgan fingerprint density at radius 3 is 2.56 bits per heavy atom. The molecule has 0 bridgehead atoms. The summed E-state index contributed by atoms with van der Waals surface area (Å²) in [6.07, 6.45) is 2.40. The molecule has 0 aromatic heterocycles. The molecule has 0 unspecified atom stereocenters. The van der Waals surface area contributed by atoms with Crippen LogP contribution < -0.4 is 5.32 Å². The van der Waals surface area contributed by atoms with Gasteiger partial charge in [0.15, 0.2) is 0 Å². The van der Waals surface area contributed by atoms with Crippen LogP contribution in [0.1, 0.15) is 43.9 Å². The number of rotatable bonds is 1. The minimum Gasteiger partial charge on any atom is -0.310 e. The van der Waals surface area contributed by atoms with E-state index < -0.39 is 0 Å². The molecule has 1 aromatic carbocycles. The molecular weight excluding hydrogens is 196 g/mol. The molecule has 1 aliphatic heterocycles. The number of nitrogens with zero attached hydrogens (tertiary/aromatic N) is 1. The van der Waals surface area contributed by atoms with Crippen molar-refractivity contribution >= 4 is 0 Å². The molecule has 84 valence electrons. The lowest BCUT2D eigenvalue weighted by molar-refractivity contribution is 0.210. The highest BCUT2D eigenvalue weighted by atomic mass is 14.9. The Hall–Kier alpha value is -1.33. The van der Waals surface area contributed by atoms with Gasteiger partial charge in [0.25, 0.3) is 0 Å². The van der Waals surface area contributed by atoms with Crippen molar-refractivity contribution in [2.75, 3.05) is 6.54 Å². The zero-order valence-corrected chi connectivity index (χ0v) is 9.96. The summed E-state index contributed by atoms with van der Waals surface area (Å²) in [6, 6.07) is 10.5. The van der Waals surface area contributed by atoms with E-state index in [0.29, 0.717) is 11.5 Å². The second-order valence-corrected chi connectivity index (χ2v) is 5.36. The standard InChI is InChI=1S/C14H18N2/c1-14(2)7-8-16-13(9-14)12-5-3-11(10-15)4-6-12/h3-6,13,16H,7-9H2,1-2H3/t13-/m0/s1. The van der Waals surface area contributed by atoms with Crippen molar-refractivity contribution in [1.82, 2.24) is 5.32 Å². The maximum atomic E-state index is 8.76. The topological polar surface area (TPSA) is 35.8 Å². The van der Waals surface area contributed by atoms with E-state index in [2.05, 4.69) is 37.4 Å². The molecule has 0 amide bonds. The molecule has 1 heterocycles. The first-order chi connectivity index (χ1) is 7.61. The highest BCUT2D eigenvalue weighted by molar-refractivity contribution is 5.33. The van der Waals surface area contributed by atoms with Crippen LogP contribution in [-0.2, 0) is 0 Å². The molecule has 1 fully saturated rings. The summed E-state index contributed by atoms with van der Waals surface area (Å²) >= 11 is 0. The molecule has 0 aliphatic carbocycles. The van der Waals surface area contributed by atoms with Crippen molar-refractivity contribution in [2.24, 2.45) is 5.41 Å². The first-order valence-corrected chi connectivity index (χ1v) is 5.84. The van der Waals surface area contributed by atoms with Crippen LogP contribution in [0, 0.1) is 16.7 Å². The molecule has 1 aliphatic rings. The molecule has 0 spiro atoms. The van der Waals surface area contributed by atoms with Crippen LogP contribution in [0.15, 0.2) is 24.3 Å². The second kappa shape index (κ2) is 4.27. The highest BCUT2D eigenvalue weighted by Gasteiger charge is 2.28. The molecule has 2 heteroatoms. The Kier molecular flexibility index (Phi) is 2.98. The van der Waals surface area contributed by atoms with E-state index in [1.54, 1.807) is 0 Å². The van der Waals surface area contributed by atoms with E-state index in [9.17, 15) is 0 Å². The number of benzene rings is 1. The number of nitriles is 1. The Bertz CT molecular complexity index is 398. The van der Waals surface area contributed by atoms with Crippen molar-refractivity contribution in [3.63, 3.8) is 0 Å². The van der Waals surface area contributed by atoms with Crippen LogP contribution in [0.2, 0.25) is 0 Å². The van der Waals surface area contributed by atoms with Gasteiger partial charge < -0.3 is 5.32 Å². The molecule has 16 heavy (non-hydrogen) atoms. The molecule has 1 aromatic rings. The lowest BCUT2D eigenvalue weighted by Crippen LogP contribution is -2.35. The summed E-state index contributed by atoms with van der Waals surface area (Å²) in [6.45, 7) is 5.73. The van der Waals surface area contributed by atoms with E-state index >= 15 is 0 Å². The number of hydrogen-bond donors (Lipinski definition) is 1. The highest BCUT2D eigenvalue weighted by Crippen LogP contribution is 2.36. The maximum absolute atomic E-state index is 8.76. The largest absolute Gasteiger partial charge is 0.310 e. The van der Waals surface area contributed by atoms with Crippen LogP contribution in [0.4, 0.5) is 0 Å². The first kappa shape index (κ1) is 11.2. The average Bonchev–Trinajstić information content (AvgIpc) is 2.28. The zero-order chi connectivity index (χ0) is 11.6. The minimum atomic E-state index is 0.420. The first-order valence-electron chi connectivity index (χ1n) is 5.84. The minimum absolute atomic E-state index is 0.420. The molecule has 2 nitrogen and oxygen atoms in total. The third kappa shape index (κ3) is 2.43. The van der Waals surface area contributed by atoms with E-state index in [1.165, 1.54) is 18.4 Å². The molecule has 1 N–H and O–H groups in total. The molecule has 0 saturated carbocycles. The second-order valence-electron chi connectivity index (χ2n) is 5.36. The lowest BCUT2D eigenvalue weighted by Gasteiger charge is -2.36. The van der Waals surface area contributed by atoms with E-state index in [4.69, 9.17) is 5.26 Å². The number of piperidine rings is 1. The average molecular weight is 214 g/mol. The van der Waals surface area contributed by atoms with Crippen LogP contribution in [0.5, 0.6) is 0 Å². The summed E-state index contributed by atoms with van der Waals surface area (Å²) < 4.78 is 0. The summed E-state index contributed by atoms with van der Waals surface area (Å²) in [4.78, 5) is 0. The van der Waals surface area contributed by atoms with Crippen molar-refractivity contribution in [3.8, 4) is 6.07 Å². The molecule has 2 rings (SSSR count). The van der Waals surface area contributed by atoms with Crippen LogP contribution in [-0.4, -0.2) is 6.54 Å². The van der Waals surface area contributed by atoms with Gasteiger partial charge in [-0.05, 0) is 42.5 Å². The monoisotopic (exact) mass is 214 g/mol. The predicted octanol–water partition coefficient (Wildman–Crippen LogP) is 3.01. The Balaban J connectivity index is 2.15. The van der Waals surface area contributed by atoms with Crippen molar-refractivity contribution in [1.29, 1.82) is 5.26 Å². The smallest absolute Gasteiger partial charge is 0.0991 e. The van der Waals surface area contributed by atoms with Crippen molar-refractivity contribution in [2.45, 2.75) is 32.7 Å². The Morgan fingerprint density at radius 1 is 1.31 bits per heavy atom. The molecular formula is C14H18N2. The number of nitrogens with one attached hydrogen (secondary N) is 1. The van der Waals surface area contributed by atoms with Gasteiger partial charge in [0, 0.05) is 6.04 Å². The predicted molar refractivity (Wildman–Crippen MR) is 64.9 cm³/mol. The normalized spacial score (nSPS) is 23.7. The van der Waals surface area contributed by atoms with Gasteiger partial charge in [0.05, 0.1) is 11.6 Å². The fourth-order valence-corrected chi connectivity index (χ4v) is 2.34. The Morgan fingerprint density at radius 2 is 2.00 bits per heavy atom. The summed E-state index contributed by atoms with van der Waals surface area (Å²) in [5, 5.41) is 12.3. The van der Waals surface area contributed by atoms with Gasteiger partial charge in [-0.3, -0.25) is 0 Å². The summed E-state index contributed by atoms with van der Waals surface area (Å²) in [7, 11) is 0. The van der Waals surface area contributed by atoms with Crippen LogP contribution in [0.3, 0.4) is 0 Å². The van der Waals surface area contributed by atoms with E-state index in [-0.39, 0.29) is 0 Å². The van der Waals surface area contributed by atoms with Gasteiger partial charge in [-0.25, -0.2) is 0 Å².